The molecule has 0 aromatic heterocycles. The van der Waals surface area contributed by atoms with Gasteiger partial charge in [-0.2, -0.15) is 11.8 Å². The maximum atomic E-state index is 11.8. The fraction of sp³-hybridized carbons (Fsp3) is 0.611. The third kappa shape index (κ3) is 4.94. The summed E-state index contributed by atoms with van der Waals surface area (Å²) in [5, 5.41) is 2.91. The van der Waals surface area contributed by atoms with Gasteiger partial charge in [0.15, 0.2) is 0 Å². The van der Waals surface area contributed by atoms with Crippen LogP contribution < -0.4 is 5.32 Å². The van der Waals surface area contributed by atoms with Crippen LogP contribution in [0.15, 0.2) is 30.3 Å². The first-order chi connectivity index (χ1) is 10.4. The van der Waals surface area contributed by atoms with Crippen molar-refractivity contribution in [2.75, 3.05) is 18.1 Å². The normalized spacial score (nSPS) is 17.8. The van der Waals surface area contributed by atoms with E-state index >= 15 is 0 Å². The summed E-state index contributed by atoms with van der Waals surface area (Å²) in [6.07, 6.45) is 3.01. The third-order valence-electron chi connectivity index (χ3n) is 4.11. The Bertz CT molecular complexity index is 476. The van der Waals surface area contributed by atoms with E-state index in [1.165, 1.54) is 29.9 Å². The van der Waals surface area contributed by atoms with Crippen LogP contribution in [0.3, 0.4) is 0 Å². The molecule has 0 atom stereocenters. The average molecular weight is 321 g/mol. The van der Waals surface area contributed by atoms with Crippen molar-refractivity contribution in [2.24, 2.45) is 0 Å². The summed E-state index contributed by atoms with van der Waals surface area (Å²) in [5.41, 5.74) is 1.16. The maximum Gasteiger partial charge on any atom is 0.407 e. The first-order valence-electron chi connectivity index (χ1n) is 8.01. The van der Waals surface area contributed by atoms with Crippen LogP contribution in [0.2, 0.25) is 0 Å². The summed E-state index contributed by atoms with van der Waals surface area (Å²) in [6, 6.07) is 10.7. The van der Waals surface area contributed by atoms with E-state index in [1.807, 2.05) is 32.5 Å². The predicted molar refractivity (Wildman–Crippen MR) is 93.5 cm³/mol. The SMILES string of the molecule is CC(C)(C)OC(=O)NCCC1(c2ccccc2)CCSCC1. The van der Waals surface area contributed by atoms with Gasteiger partial charge < -0.3 is 10.1 Å². The number of ether oxygens (including phenoxy) is 1. The molecule has 0 bridgehead atoms. The Morgan fingerprint density at radius 3 is 2.45 bits per heavy atom. The molecule has 4 heteroatoms. The van der Waals surface area contributed by atoms with Gasteiger partial charge in [-0.15, -0.1) is 0 Å². The topological polar surface area (TPSA) is 38.3 Å². The smallest absolute Gasteiger partial charge is 0.407 e. The van der Waals surface area contributed by atoms with Crippen molar-refractivity contribution in [3.05, 3.63) is 35.9 Å². The summed E-state index contributed by atoms with van der Waals surface area (Å²) < 4.78 is 5.31. The first-order valence-corrected chi connectivity index (χ1v) is 9.17. The Morgan fingerprint density at radius 1 is 1.23 bits per heavy atom. The molecule has 0 unspecified atom stereocenters. The Morgan fingerprint density at radius 2 is 1.86 bits per heavy atom. The second kappa shape index (κ2) is 7.40. The van der Waals surface area contributed by atoms with E-state index in [0.717, 1.165) is 6.42 Å². The fourth-order valence-electron chi connectivity index (χ4n) is 2.95. The molecule has 0 radical (unpaired) electrons. The predicted octanol–water partition coefficient (Wildman–Crippen LogP) is 4.37. The molecule has 1 amide bonds. The van der Waals surface area contributed by atoms with E-state index in [2.05, 4.69) is 35.6 Å². The Balaban J connectivity index is 1.95. The van der Waals surface area contributed by atoms with Gasteiger partial charge >= 0.3 is 6.09 Å². The highest BCUT2D eigenvalue weighted by molar-refractivity contribution is 7.99. The van der Waals surface area contributed by atoms with E-state index in [4.69, 9.17) is 4.74 Å². The highest BCUT2D eigenvalue weighted by atomic mass is 32.2. The van der Waals surface area contributed by atoms with Crippen LogP contribution in [0.25, 0.3) is 0 Å². The molecule has 1 fully saturated rings. The molecule has 1 saturated heterocycles. The standard InChI is InChI=1S/C18H27NO2S/c1-17(2,3)21-16(20)19-12-9-18(10-13-22-14-11-18)15-7-5-4-6-8-15/h4-8H,9-14H2,1-3H3,(H,19,20). The van der Waals surface area contributed by atoms with Gasteiger partial charge in [0.05, 0.1) is 0 Å². The number of benzene rings is 1. The number of carbonyl (C=O) groups excluding carboxylic acids is 1. The molecule has 3 nitrogen and oxygen atoms in total. The highest BCUT2D eigenvalue weighted by Crippen LogP contribution is 2.40. The number of alkyl carbamates (subject to hydrolysis) is 1. The second-order valence-corrected chi connectivity index (χ2v) is 8.16. The molecule has 1 aliphatic heterocycles. The number of amides is 1. The van der Waals surface area contributed by atoms with Crippen LogP contribution in [0, 0.1) is 0 Å². The van der Waals surface area contributed by atoms with Crippen molar-refractivity contribution in [3.63, 3.8) is 0 Å². The molecule has 0 aliphatic carbocycles. The summed E-state index contributed by atoms with van der Waals surface area (Å²) in [4.78, 5) is 11.8. The van der Waals surface area contributed by atoms with Crippen molar-refractivity contribution in [1.29, 1.82) is 0 Å². The minimum absolute atomic E-state index is 0.196. The lowest BCUT2D eigenvalue weighted by molar-refractivity contribution is 0.0523. The van der Waals surface area contributed by atoms with E-state index in [0.29, 0.717) is 6.54 Å². The number of rotatable bonds is 4. The van der Waals surface area contributed by atoms with Gasteiger partial charge in [-0.3, -0.25) is 0 Å². The minimum Gasteiger partial charge on any atom is -0.444 e. The molecule has 1 aromatic carbocycles. The Labute approximate surface area is 138 Å². The molecule has 1 heterocycles. The molecule has 1 aliphatic rings. The van der Waals surface area contributed by atoms with E-state index in [9.17, 15) is 4.79 Å². The van der Waals surface area contributed by atoms with Crippen LogP contribution in [-0.2, 0) is 10.2 Å². The zero-order valence-corrected chi connectivity index (χ0v) is 14.7. The monoisotopic (exact) mass is 321 g/mol. The van der Waals surface area contributed by atoms with Crippen LogP contribution in [0.5, 0.6) is 0 Å². The van der Waals surface area contributed by atoms with Crippen molar-refractivity contribution in [3.8, 4) is 0 Å². The van der Waals surface area contributed by atoms with Gasteiger partial charge in [0.2, 0.25) is 0 Å². The number of thioether (sulfide) groups is 1. The molecule has 1 aromatic rings. The van der Waals surface area contributed by atoms with Gasteiger partial charge in [-0.25, -0.2) is 4.79 Å². The zero-order chi connectivity index (χ0) is 16.1. The number of carbonyl (C=O) groups is 1. The molecule has 122 valence electrons. The largest absolute Gasteiger partial charge is 0.444 e. The lowest BCUT2D eigenvalue weighted by Crippen LogP contribution is -2.38. The molecule has 2 rings (SSSR count). The third-order valence-corrected chi connectivity index (χ3v) is 5.09. The van der Waals surface area contributed by atoms with Crippen LogP contribution in [0.4, 0.5) is 4.79 Å². The average Bonchev–Trinajstić information content (AvgIpc) is 2.47. The van der Waals surface area contributed by atoms with Crippen molar-refractivity contribution < 1.29 is 9.53 Å². The quantitative estimate of drug-likeness (QED) is 0.895. The molecule has 0 saturated carbocycles. The zero-order valence-electron chi connectivity index (χ0n) is 13.9. The molecule has 1 N–H and O–H groups in total. The molecule has 0 spiro atoms. The van der Waals surface area contributed by atoms with Crippen LogP contribution in [-0.4, -0.2) is 29.7 Å². The maximum absolute atomic E-state index is 11.8. The van der Waals surface area contributed by atoms with Gasteiger partial charge in [0.25, 0.3) is 0 Å². The lowest BCUT2D eigenvalue weighted by atomic mass is 9.73. The van der Waals surface area contributed by atoms with Crippen LogP contribution in [0.1, 0.15) is 45.6 Å². The minimum atomic E-state index is -0.442. The summed E-state index contributed by atoms with van der Waals surface area (Å²) in [7, 11) is 0. The number of nitrogens with one attached hydrogen (secondary N) is 1. The summed E-state index contributed by atoms with van der Waals surface area (Å²) in [5.74, 6) is 2.39. The first kappa shape index (κ1) is 17.2. The second-order valence-electron chi connectivity index (χ2n) is 6.94. The lowest BCUT2D eigenvalue weighted by Gasteiger charge is -2.38. The van der Waals surface area contributed by atoms with E-state index < -0.39 is 5.60 Å². The van der Waals surface area contributed by atoms with Gasteiger partial charge in [0.1, 0.15) is 5.60 Å². The van der Waals surface area contributed by atoms with E-state index in [1.54, 1.807) is 0 Å². The Hall–Kier alpha value is -1.16. The summed E-state index contributed by atoms with van der Waals surface area (Å²) in [6.45, 7) is 6.32. The van der Waals surface area contributed by atoms with E-state index in [-0.39, 0.29) is 11.5 Å². The molecular formula is C18H27NO2S. The van der Waals surface area contributed by atoms with Gasteiger partial charge in [-0.05, 0) is 62.5 Å². The van der Waals surface area contributed by atoms with Gasteiger partial charge in [-0.1, -0.05) is 30.3 Å². The van der Waals surface area contributed by atoms with Crippen molar-refractivity contribution in [1.82, 2.24) is 5.32 Å². The number of hydrogen-bond acceptors (Lipinski definition) is 3. The van der Waals surface area contributed by atoms with Crippen LogP contribution >= 0.6 is 11.8 Å². The fourth-order valence-corrected chi connectivity index (χ4v) is 4.23. The van der Waals surface area contributed by atoms with Gasteiger partial charge in [0, 0.05) is 6.54 Å². The van der Waals surface area contributed by atoms with Crippen molar-refractivity contribution >= 4 is 17.9 Å². The number of hydrogen-bond donors (Lipinski definition) is 1. The highest BCUT2D eigenvalue weighted by Gasteiger charge is 2.33. The molecular weight excluding hydrogens is 294 g/mol. The molecule has 22 heavy (non-hydrogen) atoms. The van der Waals surface area contributed by atoms with Crippen molar-refractivity contribution in [2.45, 2.75) is 51.0 Å². The Kier molecular flexibility index (Phi) is 5.79. The summed E-state index contributed by atoms with van der Waals surface area (Å²) >= 11 is 2.03.